The van der Waals surface area contributed by atoms with Crippen LogP contribution in [0.5, 0.6) is 5.75 Å². The van der Waals surface area contributed by atoms with Crippen molar-refractivity contribution in [3.05, 3.63) is 30.5 Å². The van der Waals surface area contributed by atoms with Crippen molar-refractivity contribution in [3.63, 3.8) is 0 Å². The molecule has 0 spiro atoms. The first-order chi connectivity index (χ1) is 9.85. The number of ether oxygens (including phenoxy) is 2. The van der Waals surface area contributed by atoms with Gasteiger partial charge < -0.3 is 14.8 Å². The Morgan fingerprint density at radius 3 is 2.80 bits per heavy atom. The summed E-state index contributed by atoms with van der Waals surface area (Å²) < 4.78 is 10.3. The predicted molar refractivity (Wildman–Crippen MR) is 82.5 cm³/mol. The minimum Gasteiger partial charge on any atom is -0.497 e. The fourth-order valence-corrected chi connectivity index (χ4v) is 2.18. The van der Waals surface area contributed by atoms with E-state index in [4.69, 9.17) is 9.47 Å². The molecule has 0 bridgehead atoms. The third-order valence-electron chi connectivity index (χ3n) is 3.29. The van der Waals surface area contributed by atoms with E-state index in [-0.39, 0.29) is 0 Å². The zero-order valence-electron chi connectivity index (χ0n) is 12.2. The zero-order valence-corrected chi connectivity index (χ0v) is 12.2. The Balaban J connectivity index is 1.96. The second kappa shape index (κ2) is 7.70. The molecule has 2 aromatic rings. The van der Waals surface area contributed by atoms with Crippen molar-refractivity contribution in [3.8, 4) is 5.75 Å². The Kier molecular flexibility index (Phi) is 5.62. The van der Waals surface area contributed by atoms with Gasteiger partial charge in [-0.25, -0.2) is 4.98 Å². The van der Waals surface area contributed by atoms with Gasteiger partial charge in [0.15, 0.2) is 0 Å². The average molecular weight is 274 g/mol. The quantitative estimate of drug-likeness (QED) is 0.748. The molecule has 4 heteroatoms. The number of pyridine rings is 1. The molecule has 0 atom stereocenters. The Bertz CT molecular complexity index is 543. The van der Waals surface area contributed by atoms with Crippen molar-refractivity contribution < 1.29 is 9.47 Å². The van der Waals surface area contributed by atoms with Gasteiger partial charge in [-0.15, -0.1) is 0 Å². The van der Waals surface area contributed by atoms with Crippen LogP contribution in [0.15, 0.2) is 30.5 Å². The van der Waals surface area contributed by atoms with Gasteiger partial charge >= 0.3 is 0 Å². The maximum atomic E-state index is 5.25. The summed E-state index contributed by atoms with van der Waals surface area (Å²) in [6, 6.07) is 8.05. The van der Waals surface area contributed by atoms with Gasteiger partial charge in [-0.05, 0) is 48.9 Å². The van der Waals surface area contributed by atoms with E-state index in [2.05, 4.69) is 16.4 Å². The van der Waals surface area contributed by atoms with Crippen molar-refractivity contribution >= 4 is 16.6 Å². The van der Waals surface area contributed by atoms with Gasteiger partial charge in [0.25, 0.3) is 0 Å². The standard InChI is InChI=1S/C16H22N2O2/c1-19-11-5-3-4-9-17-16-15-7-6-14(20-2)12-13(15)8-10-18-16/h6-8,10,12H,3-5,9,11H2,1-2H3,(H,17,18). The molecular weight excluding hydrogens is 252 g/mol. The SMILES string of the molecule is COCCCCCNc1nccc2cc(OC)ccc12. The number of nitrogens with one attached hydrogen (secondary N) is 1. The first kappa shape index (κ1) is 14.6. The van der Waals surface area contributed by atoms with E-state index in [1.54, 1.807) is 14.2 Å². The molecule has 0 aliphatic rings. The maximum absolute atomic E-state index is 5.25. The molecule has 0 fully saturated rings. The summed E-state index contributed by atoms with van der Waals surface area (Å²) in [5.74, 6) is 1.81. The van der Waals surface area contributed by atoms with Crippen molar-refractivity contribution in [2.75, 3.05) is 32.7 Å². The lowest BCUT2D eigenvalue weighted by Gasteiger charge is -2.09. The molecule has 0 saturated heterocycles. The molecule has 0 amide bonds. The van der Waals surface area contributed by atoms with Gasteiger partial charge in [0.2, 0.25) is 0 Å². The molecule has 108 valence electrons. The van der Waals surface area contributed by atoms with Gasteiger partial charge in [0.05, 0.1) is 7.11 Å². The molecule has 20 heavy (non-hydrogen) atoms. The molecule has 1 aromatic heterocycles. The van der Waals surface area contributed by atoms with Crippen LogP contribution in [-0.4, -0.2) is 32.4 Å². The number of methoxy groups -OCH3 is 2. The lowest BCUT2D eigenvalue weighted by molar-refractivity contribution is 0.192. The van der Waals surface area contributed by atoms with E-state index in [1.165, 1.54) is 6.42 Å². The highest BCUT2D eigenvalue weighted by molar-refractivity contribution is 5.92. The average Bonchev–Trinajstić information content (AvgIpc) is 2.50. The van der Waals surface area contributed by atoms with Gasteiger partial charge in [-0.1, -0.05) is 0 Å². The van der Waals surface area contributed by atoms with Crippen molar-refractivity contribution in [1.29, 1.82) is 0 Å². The van der Waals surface area contributed by atoms with Crippen LogP contribution in [0.4, 0.5) is 5.82 Å². The minimum atomic E-state index is 0.840. The predicted octanol–water partition coefficient (Wildman–Crippen LogP) is 3.47. The zero-order chi connectivity index (χ0) is 14.2. The van der Waals surface area contributed by atoms with E-state index in [1.807, 2.05) is 24.4 Å². The van der Waals surface area contributed by atoms with E-state index in [9.17, 15) is 0 Å². The molecule has 0 radical (unpaired) electrons. The van der Waals surface area contributed by atoms with E-state index >= 15 is 0 Å². The monoisotopic (exact) mass is 274 g/mol. The van der Waals surface area contributed by atoms with E-state index in [0.717, 1.165) is 48.3 Å². The molecule has 1 N–H and O–H groups in total. The summed E-state index contributed by atoms with van der Waals surface area (Å²) in [7, 11) is 3.42. The summed E-state index contributed by atoms with van der Waals surface area (Å²) in [5.41, 5.74) is 0. The Morgan fingerprint density at radius 1 is 1.10 bits per heavy atom. The number of unbranched alkanes of at least 4 members (excludes halogenated alkanes) is 2. The molecule has 2 rings (SSSR count). The number of hydrogen-bond donors (Lipinski definition) is 1. The Morgan fingerprint density at radius 2 is 2.00 bits per heavy atom. The molecular formula is C16H22N2O2. The van der Waals surface area contributed by atoms with Gasteiger partial charge in [-0.3, -0.25) is 0 Å². The highest BCUT2D eigenvalue weighted by atomic mass is 16.5. The first-order valence-electron chi connectivity index (χ1n) is 7.00. The molecule has 0 saturated carbocycles. The number of anilines is 1. The van der Waals surface area contributed by atoms with Crippen LogP contribution in [0.25, 0.3) is 10.8 Å². The number of nitrogens with zero attached hydrogens (tertiary/aromatic N) is 1. The van der Waals surface area contributed by atoms with Crippen LogP contribution in [0.3, 0.4) is 0 Å². The molecule has 0 aliphatic carbocycles. The topological polar surface area (TPSA) is 43.4 Å². The Labute approximate surface area is 120 Å². The van der Waals surface area contributed by atoms with Crippen LogP contribution in [-0.2, 0) is 4.74 Å². The number of fused-ring (bicyclic) bond motifs is 1. The summed E-state index contributed by atoms with van der Waals surface area (Å²) in [6.45, 7) is 1.77. The third-order valence-corrected chi connectivity index (χ3v) is 3.29. The minimum absolute atomic E-state index is 0.840. The fraction of sp³-hybridized carbons (Fsp3) is 0.438. The van der Waals surface area contributed by atoms with E-state index in [0.29, 0.717) is 0 Å². The molecule has 0 unspecified atom stereocenters. The summed E-state index contributed by atoms with van der Waals surface area (Å²) >= 11 is 0. The van der Waals surface area contributed by atoms with Crippen molar-refractivity contribution in [1.82, 2.24) is 4.98 Å². The molecule has 1 aromatic carbocycles. The smallest absolute Gasteiger partial charge is 0.133 e. The van der Waals surface area contributed by atoms with Gasteiger partial charge in [0.1, 0.15) is 11.6 Å². The van der Waals surface area contributed by atoms with Gasteiger partial charge in [-0.2, -0.15) is 0 Å². The second-order valence-corrected chi connectivity index (χ2v) is 4.73. The lowest BCUT2D eigenvalue weighted by atomic mass is 10.1. The van der Waals surface area contributed by atoms with Crippen LogP contribution in [0.2, 0.25) is 0 Å². The van der Waals surface area contributed by atoms with Crippen LogP contribution in [0, 0.1) is 0 Å². The molecule has 4 nitrogen and oxygen atoms in total. The molecule has 0 aliphatic heterocycles. The number of aromatic nitrogens is 1. The third kappa shape index (κ3) is 3.84. The highest BCUT2D eigenvalue weighted by Gasteiger charge is 2.03. The summed E-state index contributed by atoms with van der Waals surface area (Å²) in [5, 5.41) is 5.68. The van der Waals surface area contributed by atoms with Crippen LogP contribution in [0.1, 0.15) is 19.3 Å². The van der Waals surface area contributed by atoms with Crippen molar-refractivity contribution in [2.24, 2.45) is 0 Å². The largest absolute Gasteiger partial charge is 0.497 e. The van der Waals surface area contributed by atoms with Crippen LogP contribution >= 0.6 is 0 Å². The lowest BCUT2D eigenvalue weighted by Crippen LogP contribution is -2.04. The fourth-order valence-electron chi connectivity index (χ4n) is 2.18. The number of rotatable bonds is 8. The number of benzene rings is 1. The highest BCUT2D eigenvalue weighted by Crippen LogP contribution is 2.25. The molecule has 1 heterocycles. The van der Waals surface area contributed by atoms with E-state index < -0.39 is 0 Å². The maximum Gasteiger partial charge on any atom is 0.133 e. The van der Waals surface area contributed by atoms with Crippen LogP contribution < -0.4 is 10.1 Å². The van der Waals surface area contributed by atoms with Gasteiger partial charge in [0, 0.05) is 31.8 Å². The normalized spacial score (nSPS) is 10.7. The number of hydrogen-bond acceptors (Lipinski definition) is 4. The Hall–Kier alpha value is -1.81. The first-order valence-corrected chi connectivity index (χ1v) is 7.00. The second-order valence-electron chi connectivity index (χ2n) is 4.73. The summed E-state index contributed by atoms with van der Waals surface area (Å²) in [4.78, 5) is 4.42. The summed E-state index contributed by atoms with van der Waals surface area (Å²) in [6.07, 6.45) is 5.23. The van der Waals surface area contributed by atoms with Crippen molar-refractivity contribution in [2.45, 2.75) is 19.3 Å².